The highest BCUT2D eigenvalue weighted by Gasteiger charge is 2.34. The van der Waals surface area contributed by atoms with Crippen molar-refractivity contribution in [2.45, 2.75) is 24.8 Å². The van der Waals surface area contributed by atoms with E-state index in [2.05, 4.69) is 9.97 Å². The van der Waals surface area contributed by atoms with Gasteiger partial charge in [-0.05, 0) is 43.0 Å². The third kappa shape index (κ3) is 5.18. The van der Waals surface area contributed by atoms with E-state index in [4.69, 9.17) is 9.47 Å². The summed E-state index contributed by atoms with van der Waals surface area (Å²) in [5, 5.41) is 1.84. The van der Waals surface area contributed by atoms with E-state index in [1.165, 1.54) is 37.1 Å². The zero-order valence-corrected chi connectivity index (χ0v) is 18.8. The molecule has 2 heterocycles. The molecule has 3 aromatic rings. The smallest absolute Gasteiger partial charge is 0.433 e. The first kappa shape index (κ1) is 23.5. The average molecular weight is 465 g/mol. The normalized spacial score (nSPS) is 12.6. The van der Waals surface area contributed by atoms with Crippen LogP contribution < -0.4 is 15.0 Å². The Morgan fingerprint density at radius 2 is 1.78 bits per heavy atom. The predicted molar refractivity (Wildman–Crippen MR) is 119 cm³/mol. The summed E-state index contributed by atoms with van der Waals surface area (Å²) < 4.78 is 52.2. The molecular formula is C22H22F3N3O3S. The number of hydrogen-bond acceptors (Lipinski definition) is 5. The Bertz CT molecular complexity index is 1220. The number of alkyl halides is 3. The number of nitrogens with zero attached hydrogens (tertiary/aromatic N) is 3. The number of rotatable bonds is 6. The number of pyridine rings is 1. The molecule has 0 amide bonds. The van der Waals surface area contributed by atoms with Crippen LogP contribution in [-0.4, -0.2) is 40.4 Å². The molecule has 0 saturated heterocycles. The van der Waals surface area contributed by atoms with Crippen molar-refractivity contribution in [1.29, 1.82) is 0 Å². The zero-order valence-electron chi connectivity index (χ0n) is 17.9. The summed E-state index contributed by atoms with van der Waals surface area (Å²) in [4.78, 5) is 20.5. The molecule has 0 fully saturated rings. The predicted octanol–water partition coefficient (Wildman–Crippen LogP) is 4.47. The number of aromatic nitrogens is 3. The van der Waals surface area contributed by atoms with Crippen LogP contribution in [0.5, 0.6) is 11.5 Å². The molecule has 32 heavy (non-hydrogen) atoms. The van der Waals surface area contributed by atoms with Crippen molar-refractivity contribution in [1.82, 2.24) is 14.5 Å². The number of halogens is 3. The lowest BCUT2D eigenvalue weighted by atomic mass is 10.1. The van der Waals surface area contributed by atoms with E-state index >= 15 is 0 Å². The van der Waals surface area contributed by atoms with Crippen molar-refractivity contribution < 1.29 is 22.6 Å². The maximum Gasteiger partial charge on any atom is 0.433 e. The van der Waals surface area contributed by atoms with Crippen molar-refractivity contribution in [2.24, 2.45) is 0 Å². The second-order valence-corrected chi connectivity index (χ2v) is 8.74. The fraction of sp³-hybridized carbons (Fsp3) is 0.273. The average Bonchev–Trinajstić information content (AvgIpc) is 2.78. The van der Waals surface area contributed by atoms with Crippen LogP contribution in [-0.2, 0) is 12.7 Å². The third-order valence-electron chi connectivity index (χ3n) is 4.72. The first-order valence-corrected chi connectivity index (χ1v) is 11.2. The van der Waals surface area contributed by atoms with Gasteiger partial charge in [-0.25, -0.2) is 9.97 Å². The van der Waals surface area contributed by atoms with E-state index < -0.39 is 22.4 Å². The molecule has 2 aromatic heterocycles. The highest BCUT2D eigenvalue weighted by Crippen LogP contribution is 2.33. The number of methoxy groups -OCH3 is 2. The minimum atomic E-state index is -4.61. The second-order valence-electron chi connectivity index (χ2n) is 6.79. The van der Waals surface area contributed by atoms with Crippen molar-refractivity contribution in [3.05, 3.63) is 64.2 Å². The maximum atomic E-state index is 13.4. The van der Waals surface area contributed by atoms with Gasteiger partial charge in [-0.3, -0.25) is 4.79 Å². The van der Waals surface area contributed by atoms with Crippen LogP contribution in [0.4, 0.5) is 13.2 Å². The molecule has 170 valence electrons. The van der Waals surface area contributed by atoms with Crippen molar-refractivity contribution in [3.8, 4) is 22.8 Å². The largest absolute Gasteiger partial charge is 0.493 e. The van der Waals surface area contributed by atoms with Crippen molar-refractivity contribution in [3.63, 3.8) is 0 Å². The molecule has 3 rings (SSSR count). The van der Waals surface area contributed by atoms with E-state index in [1.807, 2.05) is 0 Å². The van der Waals surface area contributed by atoms with Gasteiger partial charge < -0.3 is 14.0 Å². The van der Waals surface area contributed by atoms with Crippen LogP contribution >= 0.6 is 10.5 Å². The van der Waals surface area contributed by atoms with Gasteiger partial charge in [-0.1, -0.05) is 11.4 Å². The summed E-state index contributed by atoms with van der Waals surface area (Å²) in [6.45, 7) is 1.94. The van der Waals surface area contributed by atoms with Crippen LogP contribution in [0.3, 0.4) is 0 Å². The molecule has 1 aromatic carbocycles. The quantitative estimate of drug-likeness (QED) is 0.397. The maximum absolute atomic E-state index is 13.4. The Labute approximate surface area is 185 Å². The van der Waals surface area contributed by atoms with Crippen molar-refractivity contribution in [2.75, 3.05) is 20.5 Å². The lowest BCUT2D eigenvalue weighted by Gasteiger charge is -2.13. The molecule has 0 aliphatic heterocycles. The van der Waals surface area contributed by atoms with Gasteiger partial charge in [0.05, 0.1) is 26.5 Å². The summed E-state index contributed by atoms with van der Waals surface area (Å²) in [7, 11) is 2.37. The fourth-order valence-corrected chi connectivity index (χ4v) is 3.65. The molecular weight excluding hydrogens is 443 g/mol. The minimum Gasteiger partial charge on any atom is -0.493 e. The molecule has 0 radical (unpaired) electrons. The lowest BCUT2D eigenvalue weighted by Crippen LogP contribution is -2.19. The SMILES string of the molecule is C/C=S(/C)c1nc(-c2ccc(=O)n(Cc3ccc(OC)c(OC)c3)c2)cc(C(F)(F)F)n1. The standard InChI is InChI=1S/C22H22F3N3O3S/c1-5-32(4)21-26-16(11-19(27-21)22(23,24)25)15-7-9-20(29)28(13-15)12-14-6-8-17(30-2)18(10-14)31-3/h5-11,13H,12H2,1-4H3. The molecule has 0 N–H and O–H groups in total. The second kappa shape index (κ2) is 9.56. The van der Waals surface area contributed by atoms with Crippen LogP contribution in [0.15, 0.2) is 52.5 Å². The van der Waals surface area contributed by atoms with Gasteiger partial charge >= 0.3 is 6.18 Å². The number of hydrogen-bond donors (Lipinski definition) is 0. The summed E-state index contributed by atoms with van der Waals surface area (Å²) in [6, 6.07) is 8.91. The number of ether oxygens (including phenoxy) is 2. The highest BCUT2D eigenvalue weighted by molar-refractivity contribution is 8.14. The molecule has 0 bridgehead atoms. The number of benzene rings is 1. The van der Waals surface area contributed by atoms with Gasteiger partial charge in [0.1, 0.15) is 5.69 Å². The first-order valence-electron chi connectivity index (χ1n) is 9.48. The zero-order chi connectivity index (χ0) is 23.5. The summed E-state index contributed by atoms with van der Waals surface area (Å²) in [5.41, 5.74) is -0.0730. The molecule has 6 nitrogen and oxygen atoms in total. The van der Waals surface area contributed by atoms with Gasteiger partial charge in [-0.2, -0.15) is 13.2 Å². The molecule has 0 aliphatic carbocycles. The van der Waals surface area contributed by atoms with Gasteiger partial charge in [0.15, 0.2) is 16.7 Å². The minimum absolute atomic E-state index is 0.0926. The first-order chi connectivity index (χ1) is 15.2. The summed E-state index contributed by atoms with van der Waals surface area (Å²) in [6.07, 6.45) is -1.37. The monoisotopic (exact) mass is 465 g/mol. The van der Waals surface area contributed by atoms with Crippen LogP contribution in [0.25, 0.3) is 11.3 Å². The topological polar surface area (TPSA) is 66.2 Å². The Morgan fingerprint density at radius 1 is 1.06 bits per heavy atom. The molecule has 1 unspecified atom stereocenters. The Morgan fingerprint density at radius 3 is 2.41 bits per heavy atom. The van der Waals surface area contributed by atoms with E-state index in [-0.39, 0.29) is 23.0 Å². The summed E-state index contributed by atoms with van der Waals surface area (Å²) >= 11 is 0. The van der Waals surface area contributed by atoms with Gasteiger partial charge in [0.25, 0.3) is 5.56 Å². The molecule has 0 spiro atoms. The van der Waals surface area contributed by atoms with Crippen LogP contribution in [0, 0.1) is 0 Å². The van der Waals surface area contributed by atoms with Crippen LogP contribution in [0.2, 0.25) is 0 Å². The van der Waals surface area contributed by atoms with Gasteiger partial charge in [-0.15, -0.1) is 10.5 Å². The van der Waals surface area contributed by atoms with E-state index in [0.717, 1.165) is 11.6 Å². The molecule has 1 atom stereocenters. The van der Waals surface area contributed by atoms with Crippen molar-refractivity contribution >= 4 is 15.9 Å². The Balaban J connectivity index is 2.06. The third-order valence-corrected chi connectivity index (χ3v) is 6.18. The van der Waals surface area contributed by atoms with Gasteiger partial charge in [0, 0.05) is 17.8 Å². The van der Waals surface area contributed by atoms with E-state index in [9.17, 15) is 18.0 Å². The lowest BCUT2D eigenvalue weighted by molar-refractivity contribution is -0.141. The molecule has 0 aliphatic rings. The van der Waals surface area contributed by atoms with Gasteiger partial charge in [0.2, 0.25) is 0 Å². The highest BCUT2D eigenvalue weighted by atomic mass is 32.2. The Kier molecular flexibility index (Phi) is 7.02. The van der Waals surface area contributed by atoms with E-state index in [1.54, 1.807) is 36.7 Å². The van der Waals surface area contributed by atoms with E-state index in [0.29, 0.717) is 17.1 Å². The summed E-state index contributed by atoms with van der Waals surface area (Å²) in [5.74, 6) is 1.06. The Hall–Kier alpha value is -3.14. The molecule has 10 heteroatoms. The van der Waals surface area contributed by atoms with Crippen LogP contribution in [0.1, 0.15) is 18.2 Å². The fourth-order valence-electron chi connectivity index (χ4n) is 2.95. The molecule has 0 saturated carbocycles.